The monoisotopic (exact) mass is 198 g/mol. The van der Waals surface area contributed by atoms with Gasteiger partial charge in [0.15, 0.2) is 0 Å². The summed E-state index contributed by atoms with van der Waals surface area (Å²) in [6, 6.07) is 0. The van der Waals surface area contributed by atoms with Crippen molar-refractivity contribution in [1.82, 2.24) is 0 Å². The van der Waals surface area contributed by atoms with E-state index in [9.17, 15) is 0 Å². The highest BCUT2D eigenvalue weighted by Crippen LogP contribution is 2.34. The highest BCUT2D eigenvalue weighted by atomic mass is 31.2. The van der Waals surface area contributed by atoms with E-state index in [1.807, 2.05) is 0 Å². The minimum atomic E-state index is -2.09. The fourth-order valence-corrected chi connectivity index (χ4v) is 0.775. The van der Waals surface area contributed by atoms with Crippen LogP contribution in [0.5, 0.6) is 0 Å². The van der Waals surface area contributed by atoms with Gasteiger partial charge >= 0.3 is 8.60 Å². The molecule has 12 heavy (non-hydrogen) atoms. The van der Waals surface area contributed by atoms with Crippen LogP contribution in [0, 0.1) is 0 Å². The minimum absolute atomic E-state index is 0.121. The van der Waals surface area contributed by atoms with Crippen molar-refractivity contribution in [1.29, 1.82) is 0 Å². The molecule has 0 radical (unpaired) electrons. The molecule has 0 aromatic rings. The predicted molar refractivity (Wildman–Crippen MR) is 43.8 cm³/mol. The Morgan fingerprint density at radius 2 is 1.25 bits per heavy atom. The molecular weight excluding hydrogens is 183 g/mol. The molecule has 0 rings (SSSR count). The van der Waals surface area contributed by atoms with E-state index in [0.717, 1.165) is 0 Å². The summed E-state index contributed by atoms with van der Waals surface area (Å²) in [7, 11) is -2.09. The average molecular weight is 198 g/mol. The van der Waals surface area contributed by atoms with Crippen LogP contribution in [-0.2, 0) is 19.1 Å². The Hall–Kier alpha value is 0.230. The molecule has 0 amide bonds. The molecule has 0 aliphatic carbocycles. The summed E-state index contributed by atoms with van der Waals surface area (Å²) in [5.74, 6) is 0. The van der Waals surface area contributed by atoms with Gasteiger partial charge in [0.1, 0.15) is 0 Å². The molecule has 74 valence electrons. The molecule has 0 bridgehead atoms. The van der Waals surface area contributed by atoms with E-state index >= 15 is 0 Å². The molecule has 0 saturated carbocycles. The Morgan fingerprint density at radius 1 is 0.917 bits per heavy atom. The molecule has 0 fully saturated rings. The summed E-state index contributed by atoms with van der Waals surface area (Å²) in [6.07, 6.45) is -0.241. The molecule has 6 heteroatoms. The lowest BCUT2D eigenvalue weighted by Gasteiger charge is -2.11. The number of hydrogen-bond acceptors (Lipinski definition) is 5. The summed E-state index contributed by atoms with van der Waals surface area (Å²) in [5, 5.41) is 0. The fraction of sp³-hybridized carbons (Fsp3) is 1.00. The molecule has 1 N–H and O–H groups in total. The Balaban J connectivity index is 3.27. The van der Waals surface area contributed by atoms with Gasteiger partial charge in [-0.1, -0.05) is 0 Å². The fourth-order valence-electron chi connectivity index (χ4n) is 0.258. The van der Waals surface area contributed by atoms with Gasteiger partial charge in [-0.15, -0.1) is 0 Å². The van der Waals surface area contributed by atoms with E-state index in [1.165, 1.54) is 0 Å². The van der Waals surface area contributed by atoms with Gasteiger partial charge in [0, 0.05) is 0 Å². The van der Waals surface area contributed by atoms with E-state index in [4.69, 9.17) is 4.89 Å². The van der Waals surface area contributed by atoms with Crippen molar-refractivity contribution in [3.05, 3.63) is 0 Å². The zero-order valence-corrected chi connectivity index (χ0v) is 8.58. The first kappa shape index (κ1) is 12.2. The Bertz CT molecular complexity index is 96.1. The van der Waals surface area contributed by atoms with Crippen molar-refractivity contribution in [2.24, 2.45) is 0 Å². The van der Waals surface area contributed by atoms with Gasteiger partial charge in [-0.3, -0.25) is 0 Å². The van der Waals surface area contributed by atoms with Crippen LogP contribution in [0.4, 0.5) is 0 Å². The summed E-state index contributed by atoms with van der Waals surface area (Å²) in [6.45, 7) is 7.08. The maximum absolute atomic E-state index is 8.92. The lowest BCUT2D eigenvalue weighted by molar-refractivity contribution is -0.291. The standard InChI is InChI=1S/C6H15O5P/c1-5(2)8-10-12(7)11-9-6(3)4/h5-7H,1-4H3. The first-order chi connectivity index (χ1) is 5.52. The van der Waals surface area contributed by atoms with Gasteiger partial charge in [-0.05, 0) is 27.7 Å². The summed E-state index contributed by atoms with van der Waals surface area (Å²) in [5.41, 5.74) is 0. The van der Waals surface area contributed by atoms with Crippen molar-refractivity contribution >= 4 is 8.60 Å². The third-order valence-corrected chi connectivity index (χ3v) is 1.03. The van der Waals surface area contributed by atoms with Crippen LogP contribution in [0.15, 0.2) is 0 Å². The predicted octanol–water partition coefficient (Wildman–Crippen LogP) is 1.92. The van der Waals surface area contributed by atoms with Crippen LogP contribution >= 0.6 is 8.60 Å². The maximum atomic E-state index is 8.92. The van der Waals surface area contributed by atoms with Crippen LogP contribution < -0.4 is 0 Å². The van der Waals surface area contributed by atoms with E-state index in [2.05, 4.69) is 19.1 Å². The zero-order chi connectivity index (χ0) is 9.56. The molecule has 0 aromatic carbocycles. The maximum Gasteiger partial charge on any atom is 0.389 e. The molecule has 0 unspecified atom stereocenters. The normalized spacial score (nSPS) is 12.0. The third kappa shape index (κ3) is 8.33. The van der Waals surface area contributed by atoms with Gasteiger partial charge in [-0.25, -0.2) is 9.78 Å². The van der Waals surface area contributed by atoms with Gasteiger partial charge in [0.25, 0.3) is 0 Å². The molecular formula is C6H15O5P. The smallest absolute Gasteiger partial charge is 0.325 e. The van der Waals surface area contributed by atoms with Crippen LogP contribution in [-0.4, -0.2) is 17.1 Å². The molecule has 0 saturated heterocycles. The molecule has 0 atom stereocenters. The second-order valence-corrected chi connectivity index (χ2v) is 3.45. The van der Waals surface area contributed by atoms with E-state index in [0.29, 0.717) is 0 Å². The van der Waals surface area contributed by atoms with Crippen LogP contribution in [0.1, 0.15) is 27.7 Å². The quantitative estimate of drug-likeness (QED) is 0.401. The lowest BCUT2D eigenvalue weighted by atomic mass is 10.5. The number of rotatable bonds is 6. The van der Waals surface area contributed by atoms with Crippen molar-refractivity contribution in [3.8, 4) is 0 Å². The molecule has 0 aliphatic heterocycles. The molecule has 0 spiro atoms. The van der Waals surface area contributed by atoms with Crippen LogP contribution in [0.25, 0.3) is 0 Å². The van der Waals surface area contributed by atoms with Crippen molar-refractivity contribution < 1.29 is 24.0 Å². The average Bonchev–Trinajstić information content (AvgIpc) is 1.96. The van der Waals surface area contributed by atoms with Gasteiger partial charge in [0.05, 0.1) is 12.2 Å². The second-order valence-electron chi connectivity index (χ2n) is 2.68. The van der Waals surface area contributed by atoms with Crippen LogP contribution in [0.3, 0.4) is 0 Å². The minimum Gasteiger partial charge on any atom is -0.325 e. The van der Waals surface area contributed by atoms with E-state index in [-0.39, 0.29) is 12.2 Å². The topological polar surface area (TPSA) is 57.2 Å². The first-order valence-electron chi connectivity index (χ1n) is 3.68. The second kappa shape index (κ2) is 6.71. The zero-order valence-electron chi connectivity index (χ0n) is 7.68. The first-order valence-corrected chi connectivity index (χ1v) is 4.81. The number of hydrogen-bond donors (Lipinski definition) is 1. The summed E-state index contributed by atoms with van der Waals surface area (Å²) in [4.78, 5) is 18.1. The highest BCUT2D eigenvalue weighted by Gasteiger charge is 2.11. The van der Waals surface area contributed by atoms with Crippen molar-refractivity contribution in [2.45, 2.75) is 39.9 Å². The molecule has 0 aliphatic rings. The Morgan fingerprint density at radius 3 is 1.50 bits per heavy atom. The van der Waals surface area contributed by atoms with E-state index < -0.39 is 8.60 Å². The summed E-state index contributed by atoms with van der Waals surface area (Å²) < 4.78 is 8.85. The van der Waals surface area contributed by atoms with Crippen molar-refractivity contribution in [3.63, 3.8) is 0 Å². The molecule has 0 aromatic heterocycles. The Labute approximate surface area is 73.4 Å². The lowest BCUT2D eigenvalue weighted by Crippen LogP contribution is -2.04. The SMILES string of the molecule is CC(C)OOP(O)OOC(C)C. The summed E-state index contributed by atoms with van der Waals surface area (Å²) >= 11 is 0. The van der Waals surface area contributed by atoms with Gasteiger partial charge < -0.3 is 4.89 Å². The van der Waals surface area contributed by atoms with Gasteiger partial charge in [-0.2, -0.15) is 9.35 Å². The Kier molecular flexibility index (Phi) is 6.84. The van der Waals surface area contributed by atoms with Crippen LogP contribution in [0.2, 0.25) is 0 Å². The highest BCUT2D eigenvalue weighted by molar-refractivity contribution is 7.40. The molecule has 0 heterocycles. The van der Waals surface area contributed by atoms with Gasteiger partial charge in [0.2, 0.25) is 0 Å². The third-order valence-electron chi connectivity index (χ3n) is 0.598. The van der Waals surface area contributed by atoms with Crippen molar-refractivity contribution in [2.75, 3.05) is 0 Å². The largest absolute Gasteiger partial charge is 0.389 e. The van der Waals surface area contributed by atoms with E-state index in [1.54, 1.807) is 27.7 Å². The molecule has 5 nitrogen and oxygen atoms in total.